The van der Waals surface area contributed by atoms with Gasteiger partial charge in [0, 0.05) is 30.9 Å². The molecule has 0 bridgehead atoms. The zero-order valence-electron chi connectivity index (χ0n) is 17.8. The molecule has 2 heterocycles. The Morgan fingerprint density at radius 2 is 1.84 bits per heavy atom. The van der Waals surface area contributed by atoms with Crippen molar-refractivity contribution in [2.45, 2.75) is 25.9 Å². The van der Waals surface area contributed by atoms with Crippen LogP contribution in [-0.2, 0) is 6.54 Å². The molecule has 7 nitrogen and oxygen atoms in total. The quantitative estimate of drug-likeness (QED) is 0.478. The minimum absolute atomic E-state index is 0.0735. The molecule has 0 aliphatic carbocycles. The highest BCUT2D eigenvalue weighted by Gasteiger charge is 2.15. The van der Waals surface area contributed by atoms with Gasteiger partial charge >= 0.3 is 0 Å². The second-order valence-electron chi connectivity index (χ2n) is 7.66. The summed E-state index contributed by atoms with van der Waals surface area (Å²) >= 11 is 0. The lowest BCUT2D eigenvalue weighted by atomic mass is 10.1. The molecule has 0 saturated heterocycles. The number of likely N-dealkylation sites (N-methyl/N-ethyl adjacent to an activating group) is 1. The summed E-state index contributed by atoms with van der Waals surface area (Å²) in [5, 5.41) is 11.4. The monoisotopic (exact) mass is 414 g/mol. The van der Waals surface area contributed by atoms with Crippen LogP contribution in [0.3, 0.4) is 0 Å². The Balaban J connectivity index is 1.39. The minimum Gasteiger partial charge on any atom is -0.348 e. The summed E-state index contributed by atoms with van der Waals surface area (Å²) in [5.41, 5.74) is 4.11. The van der Waals surface area contributed by atoms with Crippen molar-refractivity contribution in [3.05, 3.63) is 84.1 Å². The Labute approximate surface area is 181 Å². The third-order valence-electron chi connectivity index (χ3n) is 5.24. The molecule has 0 saturated carbocycles. The molecular formula is C24H26N6O. The van der Waals surface area contributed by atoms with Crippen molar-refractivity contribution in [1.29, 1.82) is 0 Å². The highest BCUT2D eigenvalue weighted by atomic mass is 16.1. The van der Waals surface area contributed by atoms with E-state index >= 15 is 0 Å². The Kier molecular flexibility index (Phi) is 6.33. The number of hydrogen-bond acceptors (Lipinski definition) is 5. The lowest BCUT2D eigenvalue weighted by Gasteiger charge is -2.24. The summed E-state index contributed by atoms with van der Waals surface area (Å²) in [7, 11) is 2.08. The second kappa shape index (κ2) is 9.49. The van der Waals surface area contributed by atoms with Gasteiger partial charge in [-0.05, 0) is 55.4 Å². The summed E-state index contributed by atoms with van der Waals surface area (Å²) in [5.74, 6) is -0.0758. The molecule has 1 atom stereocenters. The predicted molar refractivity (Wildman–Crippen MR) is 121 cm³/mol. The molecule has 1 N–H and O–H groups in total. The van der Waals surface area contributed by atoms with Crippen molar-refractivity contribution in [1.82, 2.24) is 30.2 Å². The molecule has 7 heteroatoms. The van der Waals surface area contributed by atoms with E-state index < -0.39 is 0 Å². The Hall–Kier alpha value is -3.58. The van der Waals surface area contributed by atoms with E-state index in [1.165, 1.54) is 5.56 Å². The van der Waals surface area contributed by atoms with E-state index in [9.17, 15) is 4.79 Å². The predicted octanol–water partition coefficient (Wildman–Crippen LogP) is 3.46. The van der Waals surface area contributed by atoms with Crippen molar-refractivity contribution >= 4 is 17.1 Å². The van der Waals surface area contributed by atoms with Gasteiger partial charge in [0.25, 0.3) is 5.91 Å². The third kappa shape index (κ3) is 4.95. The maximum atomic E-state index is 12.8. The van der Waals surface area contributed by atoms with Gasteiger partial charge in [-0.2, -0.15) is 4.68 Å². The number of nitrogens with one attached hydrogen (secondary N) is 1. The van der Waals surface area contributed by atoms with Crippen LogP contribution in [0, 0.1) is 0 Å². The second-order valence-corrected chi connectivity index (χ2v) is 7.66. The number of nitrogens with zero attached hydrogens (tertiary/aromatic N) is 5. The highest BCUT2D eigenvalue weighted by Crippen LogP contribution is 2.15. The third-order valence-corrected chi connectivity index (χ3v) is 5.24. The van der Waals surface area contributed by atoms with Crippen LogP contribution in [-0.4, -0.2) is 50.4 Å². The molecule has 0 spiro atoms. The highest BCUT2D eigenvalue weighted by molar-refractivity contribution is 5.94. The summed E-state index contributed by atoms with van der Waals surface area (Å²) in [6.45, 7) is 3.72. The average molecular weight is 415 g/mol. The number of amides is 1. The SMILES string of the molecule is CC[C@H](CN(C)Cc1ccccc1)NC(=O)c1ccc(-n2nnc3cccnc32)cc1. The molecule has 0 radical (unpaired) electrons. The maximum absolute atomic E-state index is 12.8. The molecule has 4 aromatic rings. The zero-order chi connectivity index (χ0) is 21.6. The van der Waals surface area contributed by atoms with Gasteiger partial charge in [0.2, 0.25) is 0 Å². The molecular weight excluding hydrogens is 388 g/mol. The number of benzene rings is 2. The van der Waals surface area contributed by atoms with Gasteiger partial charge in [-0.25, -0.2) is 4.98 Å². The largest absolute Gasteiger partial charge is 0.348 e. The summed E-state index contributed by atoms with van der Waals surface area (Å²) in [4.78, 5) is 19.4. The Morgan fingerprint density at radius 1 is 1.06 bits per heavy atom. The number of pyridine rings is 1. The first-order valence-electron chi connectivity index (χ1n) is 10.4. The molecule has 0 aliphatic rings. The lowest BCUT2D eigenvalue weighted by Crippen LogP contribution is -2.42. The molecule has 31 heavy (non-hydrogen) atoms. The molecule has 0 unspecified atom stereocenters. The maximum Gasteiger partial charge on any atom is 0.251 e. The molecule has 2 aromatic heterocycles. The standard InChI is InChI=1S/C24H26N6O/c1-3-20(17-29(2)16-18-8-5-4-6-9-18)26-24(31)19-11-13-21(14-12-19)30-23-22(27-28-30)10-7-15-25-23/h4-15,20H,3,16-17H2,1-2H3,(H,26,31)/t20-/m1/s1. The van der Waals surface area contributed by atoms with Gasteiger partial charge in [-0.3, -0.25) is 4.79 Å². The number of carbonyl (C=O) groups is 1. The van der Waals surface area contributed by atoms with Crippen molar-refractivity contribution in [2.75, 3.05) is 13.6 Å². The van der Waals surface area contributed by atoms with E-state index in [1.807, 2.05) is 54.6 Å². The van der Waals surface area contributed by atoms with Crippen LogP contribution in [0.2, 0.25) is 0 Å². The van der Waals surface area contributed by atoms with Crippen LogP contribution >= 0.6 is 0 Å². The van der Waals surface area contributed by atoms with Crippen LogP contribution in [0.25, 0.3) is 16.9 Å². The van der Waals surface area contributed by atoms with E-state index in [0.29, 0.717) is 11.2 Å². The molecule has 4 rings (SSSR count). The van der Waals surface area contributed by atoms with Crippen molar-refractivity contribution in [3.8, 4) is 5.69 Å². The van der Waals surface area contributed by atoms with E-state index in [-0.39, 0.29) is 11.9 Å². The van der Waals surface area contributed by atoms with Crippen LogP contribution in [0.4, 0.5) is 0 Å². The number of carbonyl (C=O) groups excluding carboxylic acids is 1. The zero-order valence-corrected chi connectivity index (χ0v) is 17.8. The van der Waals surface area contributed by atoms with Gasteiger partial charge in [-0.1, -0.05) is 42.5 Å². The molecule has 2 aromatic carbocycles. The van der Waals surface area contributed by atoms with E-state index in [2.05, 4.69) is 51.6 Å². The van der Waals surface area contributed by atoms with Gasteiger partial charge in [0.15, 0.2) is 5.65 Å². The van der Waals surface area contributed by atoms with Gasteiger partial charge in [0.1, 0.15) is 5.52 Å². The van der Waals surface area contributed by atoms with Crippen molar-refractivity contribution < 1.29 is 4.79 Å². The van der Waals surface area contributed by atoms with Crippen molar-refractivity contribution in [3.63, 3.8) is 0 Å². The van der Waals surface area contributed by atoms with Crippen molar-refractivity contribution in [2.24, 2.45) is 0 Å². The van der Waals surface area contributed by atoms with Crippen LogP contribution in [0.15, 0.2) is 72.9 Å². The topological polar surface area (TPSA) is 75.9 Å². The average Bonchev–Trinajstić information content (AvgIpc) is 3.23. The normalized spacial score (nSPS) is 12.2. The minimum atomic E-state index is -0.0758. The van der Waals surface area contributed by atoms with Crippen LogP contribution in [0.5, 0.6) is 0 Å². The summed E-state index contributed by atoms with van der Waals surface area (Å²) in [6, 6.07) is 21.5. The molecule has 0 aliphatic heterocycles. The molecule has 0 fully saturated rings. The lowest BCUT2D eigenvalue weighted by molar-refractivity contribution is 0.0926. The number of rotatable bonds is 8. The number of hydrogen-bond donors (Lipinski definition) is 1. The van der Waals surface area contributed by atoms with E-state index in [1.54, 1.807) is 10.9 Å². The summed E-state index contributed by atoms with van der Waals surface area (Å²) in [6.07, 6.45) is 2.57. The van der Waals surface area contributed by atoms with E-state index in [4.69, 9.17) is 0 Å². The summed E-state index contributed by atoms with van der Waals surface area (Å²) < 4.78 is 1.67. The first kappa shape index (κ1) is 20.7. The Morgan fingerprint density at radius 3 is 2.58 bits per heavy atom. The van der Waals surface area contributed by atoms with Gasteiger partial charge in [0.05, 0.1) is 5.69 Å². The van der Waals surface area contributed by atoms with E-state index in [0.717, 1.165) is 30.7 Å². The fourth-order valence-electron chi connectivity index (χ4n) is 3.57. The fourth-order valence-corrected chi connectivity index (χ4v) is 3.57. The number of aromatic nitrogens is 4. The molecule has 158 valence electrons. The van der Waals surface area contributed by atoms with Crippen LogP contribution in [0.1, 0.15) is 29.3 Å². The van der Waals surface area contributed by atoms with Gasteiger partial charge in [-0.15, -0.1) is 5.10 Å². The smallest absolute Gasteiger partial charge is 0.251 e. The fraction of sp³-hybridized carbons (Fsp3) is 0.250. The first-order valence-corrected chi connectivity index (χ1v) is 10.4. The number of fused-ring (bicyclic) bond motifs is 1. The van der Waals surface area contributed by atoms with Gasteiger partial charge < -0.3 is 10.2 Å². The Bertz CT molecular complexity index is 1140. The molecule has 1 amide bonds. The first-order chi connectivity index (χ1) is 15.1. The van der Waals surface area contributed by atoms with Crippen LogP contribution < -0.4 is 5.32 Å².